The lowest BCUT2D eigenvalue weighted by Crippen LogP contribution is -2.07. The molecule has 25 heavy (non-hydrogen) atoms. The number of esters is 2. The molecule has 6 nitrogen and oxygen atoms in total. The molecule has 0 fully saturated rings. The predicted molar refractivity (Wildman–Crippen MR) is 90.3 cm³/mol. The summed E-state index contributed by atoms with van der Waals surface area (Å²) in [6.07, 6.45) is 3.24. The monoisotopic (exact) mass is 343 g/mol. The number of methoxy groups -OCH3 is 2. The van der Waals surface area contributed by atoms with Crippen molar-refractivity contribution in [3.05, 3.63) is 39.5 Å². The molecule has 1 aliphatic rings. The van der Waals surface area contributed by atoms with Crippen molar-refractivity contribution in [3.63, 3.8) is 0 Å². The molecule has 0 atom stereocenters. The molecule has 0 spiro atoms. The second-order valence-electron chi connectivity index (χ2n) is 5.88. The molecule has 0 bridgehead atoms. The van der Waals surface area contributed by atoms with E-state index < -0.39 is 5.97 Å². The van der Waals surface area contributed by atoms with Gasteiger partial charge in [-0.1, -0.05) is 11.6 Å². The van der Waals surface area contributed by atoms with Gasteiger partial charge in [0.2, 0.25) is 0 Å². The summed E-state index contributed by atoms with van der Waals surface area (Å²) in [5, 5.41) is 9.59. The van der Waals surface area contributed by atoms with Crippen molar-refractivity contribution in [2.24, 2.45) is 0 Å². The van der Waals surface area contributed by atoms with Crippen LogP contribution in [0.2, 0.25) is 0 Å². The van der Waals surface area contributed by atoms with Crippen molar-refractivity contribution in [1.82, 2.24) is 0 Å². The first-order valence-corrected chi connectivity index (χ1v) is 7.96. The van der Waals surface area contributed by atoms with Crippen LogP contribution in [0.15, 0.2) is 11.6 Å². The van der Waals surface area contributed by atoms with Gasteiger partial charge in [-0.15, -0.1) is 0 Å². The van der Waals surface area contributed by atoms with Crippen molar-refractivity contribution < 1.29 is 23.8 Å². The van der Waals surface area contributed by atoms with Crippen molar-refractivity contribution in [1.29, 1.82) is 5.26 Å². The first kappa shape index (κ1) is 18.5. The topological polar surface area (TPSA) is 85.6 Å². The van der Waals surface area contributed by atoms with Gasteiger partial charge in [0, 0.05) is 17.5 Å². The Kier molecular flexibility index (Phi) is 5.81. The third-order valence-electron chi connectivity index (χ3n) is 4.39. The number of allylic oxidation sites excluding steroid dienone is 2. The van der Waals surface area contributed by atoms with Crippen LogP contribution in [-0.4, -0.2) is 26.2 Å². The standard InChI is InChI=1S/C19H21NO5/c1-11(6-8-16(21)23-3)5-7-13-14(9-20)17-15(10-25-19(17)22)12(2)18(13)24-4/h5H,6-8,10H2,1-4H3/b11-5+. The third-order valence-corrected chi connectivity index (χ3v) is 4.39. The van der Waals surface area contributed by atoms with E-state index in [9.17, 15) is 14.9 Å². The highest BCUT2D eigenvalue weighted by molar-refractivity contribution is 5.97. The van der Waals surface area contributed by atoms with Crippen LogP contribution < -0.4 is 4.74 Å². The summed E-state index contributed by atoms with van der Waals surface area (Å²) in [4.78, 5) is 23.3. The van der Waals surface area contributed by atoms with Gasteiger partial charge in [-0.2, -0.15) is 5.26 Å². The van der Waals surface area contributed by atoms with Crippen molar-refractivity contribution in [3.8, 4) is 11.8 Å². The zero-order valence-electron chi connectivity index (χ0n) is 14.9. The summed E-state index contributed by atoms with van der Waals surface area (Å²) >= 11 is 0. The minimum Gasteiger partial charge on any atom is -0.496 e. The Labute approximate surface area is 147 Å². The minimum absolute atomic E-state index is 0.166. The van der Waals surface area contributed by atoms with Gasteiger partial charge >= 0.3 is 11.9 Å². The molecule has 0 amide bonds. The van der Waals surface area contributed by atoms with E-state index in [0.29, 0.717) is 47.3 Å². The Morgan fingerprint density at radius 2 is 2.08 bits per heavy atom. The summed E-state index contributed by atoms with van der Waals surface area (Å²) in [5.74, 6) is -0.130. The number of fused-ring (bicyclic) bond motifs is 1. The molecule has 1 heterocycles. The molecular weight excluding hydrogens is 322 g/mol. The zero-order valence-corrected chi connectivity index (χ0v) is 14.9. The van der Waals surface area contributed by atoms with Gasteiger partial charge in [0.05, 0.1) is 25.3 Å². The maximum absolute atomic E-state index is 12.0. The summed E-state index contributed by atoms with van der Waals surface area (Å²) in [6, 6.07) is 2.13. The molecule has 6 heteroatoms. The molecule has 132 valence electrons. The average molecular weight is 343 g/mol. The van der Waals surface area contributed by atoms with Gasteiger partial charge in [-0.05, 0) is 32.3 Å². The number of benzene rings is 1. The van der Waals surface area contributed by atoms with Gasteiger partial charge in [0.1, 0.15) is 18.4 Å². The van der Waals surface area contributed by atoms with Crippen LogP contribution in [0.5, 0.6) is 5.75 Å². The van der Waals surface area contributed by atoms with Crippen LogP contribution in [0.1, 0.15) is 52.4 Å². The fourth-order valence-corrected chi connectivity index (χ4v) is 2.96. The minimum atomic E-state index is -0.468. The first-order chi connectivity index (χ1) is 11.9. The molecule has 0 N–H and O–H groups in total. The quantitative estimate of drug-likeness (QED) is 0.583. The molecule has 2 rings (SSSR count). The van der Waals surface area contributed by atoms with E-state index in [2.05, 4.69) is 10.8 Å². The smallest absolute Gasteiger partial charge is 0.340 e. The maximum Gasteiger partial charge on any atom is 0.340 e. The van der Waals surface area contributed by atoms with Gasteiger partial charge in [-0.25, -0.2) is 4.79 Å². The van der Waals surface area contributed by atoms with Crippen LogP contribution >= 0.6 is 0 Å². The highest BCUT2D eigenvalue weighted by atomic mass is 16.5. The first-order valence-electron chi connectivity index (χ1n) is 7.96. The van der Waals surface area contributed by atoms with Crippen LogP contribution in [0.25, 0.3) is 0 Å². The lowest BCUT2D eigenvalue weighted by Gasteiger charge is -2.15. The predicted octanol–water partition coefficient (Wildman–Crippen LogP) is 2.99. The van der Waals surface area contributed by atoms with E-state index in [4.69, 9.17) is 9.47 Å². The number of hydrogen-bond acceptors (Lipinski definition) is 6. The molecule has 0 aromatic heterocycles. The summed E-state index contributed by atoms with van der Waals surface area (Å²) in [7, 11) is 2.91. The molecule has 1 aromatic rings. The molecule has 0 aliphatic carbocycles. The molecule has 0 unspecified atom stereocenters. The van der Waals surface area contributed by atoms with Gasteiger partial charge in [0.15, 0.2) is 0 Å². The molecule has 0 saturated heterocycles. The zero-order chi connectivity index (χ0) is 18.6. The number of nitrogens with zero attached hydrogens (tertiary/aromatic N) is 1. The summed E-state index contributed by atoms with van der Waals surface area (Å²) in [6.45, 7) is 3.94. The number of carbonyl (C=O) groups excluding carboxylic acids is 2. The normalized spacial score (nSPS) is 13.1. The lowest BCUT2D eigenvalue weighted by atomic mass is 9.90. The SMILES string of the molecule is COC(=O)CC/C(C)=C/Cc1c(C#N)c2c(c(C)c1OC)COC2=O. The molecule has 0 saturated carbocycles. The van der Waals surface area contributed by atoms with Gasteiger partial charge in [-0.3, -0.25) is 4.79 Å². The van der Waals surface area contributed by atoms with Crippen LogP contribution in [0.4, 0.5) is 0 Å². The molecule has 1 aliphatic heterocycles. The van der Waals surface area contributed by atoms with Gasteiger partial charge in [0.25, 0.3) is 0 Å². The van der Waals surface area contributed by atoms with Crippen molar-refractivity contribution in [2.45, 2.75) is 39.7 Å². The van der Waals surface area contributed by atoms with Crippen LogP contribution in [0.3, 0.4) is 0 Å². The van der Waals surface area contributed by atoms with Crippen LogP contribution in [-0.2, 0) is 27.3 Å². The number of carbonyl (C=O) groups is 2. The fraction of sp³-hybridized carbons (Fsp3) is 0.421. The number of rotatable bonds is 6. The van der Waals surface area contributed by atoms with E-state index in [1.54, 1.807) is 7.11 Å². The Bertz CT molecular complexity index is 786. The fourth-order valence-electron chi connectivity index (χ4n) is 2.96. The van der Waals surface area contributed by atoms with Crippen molar-refractivity contribution in [2.75, 3.05) is 14.2 Å². The number of cyclic esters (lactones) is 1. The third kappa shape index (κ3) is 3.66. The summed E-state index contributed by atoms with van der Waals surface area (Å²) < 4.78 is 15.2. The van der Waals surface area contributed by atoms with E-state index in [-0.39, 0.29) is 12.6 Å². The maximum atomic E-state index is 12.0. The van der Waals surface area contributed by atoms with E-state index in [0.717, 1.165) is 11.1 Å². The van der Waals surface area contributed by atoms with Gasteiger partial charge < -0.3 is 14.2 Å². The Balaban J connectivity index is 2.39. The van der Waals surface area contributed by atoms with E-state index in [1.165, 1.54) is 7.11 Å². The second kappa shape index (κ2) is 7.84. The summed E-state index contributed by atoms with van der Waals surface area (Å²) in [5.41, 5.74) is 3.84. The lowest BCUT2D eigenvalue weighted by molar-refractivity contribution is -0.140. The Hall–Kier alpha value is -2.81. The second-order valence-corrected chi connectivity index (χ2v) is 5.88. The van der Waals surface area contributed by atoms with Crippen molar-refractivity contribution >= 4 is 11.9 Å². The molecular formula is C19H21NO5. The highest BCUT2D eigenvalue weighted by Crippen LogP contribution is 2.37. The molecule has 1 aromatic carbocycles. The number of hydrogen-bond donors (Lipinski definition) is 0. The highest BCUT2D eigenvalue weighted by Gasteiger charge is 2.31. The Morgan fingerprint density at radius 3 is 2.68 bits per heavy atom. The molecule has 0 radical (unpaired) electrons. The van der Waals surface area contributed by atoms with E-state index >= 15 is 0 Å². The van der Waals surface area contributed by atoms with Crippen LogP contribution in [0, 0.1) is 18.3 Å². The van der Waals surface area contributed by atoms with E-state index in [1.807, 2.05) is 19.9 Å². The largest absolute Gasteiger partial charge is 0.496 e. The number of ether oxygens (including phenoxy) is 3. The Morgan fingerprint density at radius 1 is 1.36 bits per heavy atom. The number of nitriles is 1. The average Bonchev–Trinajstić information content (AvgIpc) is 3.00.